The van der Waals surface area contributed by atoms with Gasteiger partial charge in [-0.05, 0) is 62.0 Å². The molecule has 1 aromatic carbocycles. The summed E-state index contributed by atoms with van der Waals surface area (Å²) < 4.78 is 52.6. The molecule has 7 nitrogen and oxygen atoms in total. The van der Waals surface area contributed by atoms with E-state index in [0.717, 1.165) is 18.4 Å². The average molecular weight is 442 g/mol. The monoisotopic (exact) mass is 441 g/mol. The largest absolute Gasteiger partial charge is 0.493 e. The lowest BCUT2D eigenvalue weighted by Gasteiger charge is -2.34. The minimum Gasteiger partial charge on any atom is -0.493 e. The van der Waals surface area contributed by atoms with E-state index in [1.807, 2.05) is 0 Å². The molecule has 0 spiro atoms. The molecular weight excluding hydrogens is 413 g/mol. The molecule has 2 aliphatic heterocycles. The number of nitrogens with zero attached hydrogens (tertiary/aromatic N) is 1. The second-order valence-electron chi connectivity index (χ2n) is 8.46. The summed E-state index contributed by atoms with van der Waals surface area (Å²) in [5.41, 5.74) is 0.434. The van der Waals surface area contributed by atoms with Gasteiger partial charge in [0.15, 0.2) is 0 Å². The minimum absolute atomic E-state index is 0.181. The second-order valence-corrected chi connectivity index (χ2v) is 10.7. The average Bonchev–Trinajstić information content (AvgIpc) is 3.58. The zero-order valence-corrected chi connectivity index (χ0v) is 17.7. The summed E-state index contributed by atoms with van der Waals surface area (Å²) in [6, 6.07) is 2.58. The molecule has 1 N–H and O–H groups in total. The van der Waals surface area contributed by atoms with Crippen LogP contribution < -0.4 is 4.74 Å². The molecule has 0 atom stereocenters. The lowest BCUT2D eigenvalue weighted by Crippen LogP contribution is -2.45. The number of halogens is 1. The molecule has 0 amide bonds. The number of hydrogen-bond donors (Lipinski definition) is 1. The van der Waals surface area contributed by atoms with Gasteiger partial charge in [0, 0.05) is 32.4 Å². The third-order valence-corrected chi connectivity index (χ3v) is 8.74. The van der Waals surface area contributed by atoms with Crippen LogP contribution in [-0.4, -0.2) is 62.0 Å². The highest BCUT2D eigenvalue weighted by atomic mass is 32.2. The van der Waals surface area contributed by atoms with Gasteiger partial charge in [-0.15, -0.1) is 0 Å². The van der Waals surface area contributed by atoms with E-state index in [2.05, 4.69) is 0 Å². The minimum atomic E-state index is -3.30. The maximum atomic E-state index is 14.1. The molecule has 1 saturated carbocycles. The lowest BCUT2D eigenvalue weighted by molar-refractivity contribution is 0.0691. The zero-order valence-electron chi connectivity index (χ0n) is 16.9. The number of sulfonamides is 1. The molecule has 0 unspecified atom stereocenters. The van der Waals surface area contributed by atoms with Crippen molar-refractivity contribution in [2.75, 3.05) is 32.9 Å². The summed E-state index contributed by atoms with van der Waals surface area (Å²) in [5.74, 6) is -1.25. The third-order valence-electron chi connectivity index (χ3n) is 6.34. The van der Waals surface area contributed by atoms with Crippen molar-refractivity contribution in [2.24, 2.45) is 5.92 Å². The van der Waals surface area contributed by atoms with Gasteiger partial charge in [-0.2, -0.15) is 0 Å². The summed E-state index contributed by atoms with van der Waals surface area (Å²) in [6.45, 7) is 2.30. The molecule has 166 valence electrons. The van der Waals surface area contributed by atoms with Crippen molar-refractivity contribution >= 4 is 16.0 Å². The van der Waals surface area contributed by atoms with Gasteiger partial charge in [0.2, 0.25) is 10.0 Å². The molecule has 9 heteroatoms. The Bertz CT molecular complexity index is 887. The topological polar surface area (TPSA) is 93.1 Å². The molecule has 3 aliphatic rings. The van der Waals surface area contributed by atoms with Crippen LogP contribution in [0.4, 0.5) is 4.39 Å². The summed E-state index contributed by atoms with van der Waals surface area (Å²) in [7, 11) is -3.30. The first kappa shape index (κ1) is 21.5. The molecule has 0 aromatic heterocycles. The number of carboxylic acid groups (broad SMARTS) is 1. The fourth-order valence-corrected chi connectivity index (χ4v) is 6.23. The van der Waals surface area contributed by atoms with Crippen molar-refractivity contribution in [3.63, 3.8) is 0 Å². The van der Waals surface area contributed by atoms with Crippen LogP contribution in [0.15, 0.2) is 12.1 Å². The van der Waals surface area contributed by atoms with Crippen LogP contribution in [0.1, 0.15) is 60.4 Å². The Hall–Kier alpha value is -1.71. The molecule has 3 fully saturated rings. The van der Waals surface area contributed by atoms with E-state index < -0.39 is 21.8 Å². The summed E-state index contributed by atoms with van der Waals surface area (Å²) >= 11 is 0. The predicted molar refractivity (Wildman–Crippen MR) is 108 cm³/mol. The smallest absolute Gasteiger partial charge is 0.338 e. The molecule has 1 aromatic rings. The van der Waals surface area contributed by atoms with Gasteiger partial charge in [-0.3, -0.25) is 0 Å². The first-order valence-electron chi connectivity index (χ1n) is 10.6. The number of ether oxygens (including phenoxy) is 2. The van der Waals surface area contributed by atoms with E-state index in [1.165, 1.54) is 12.1 Å². The zero-order chi connectivity index (χ0) is 21.3. The first-order chi connectivity index (χ1) is 14.4. The van der Waals surface area contributed by atoms with Crippen molar-refractivity contribution in [1.29, 1.82) is 0 Å². The highest BCUT2D eigenvalue weighted by Gasteiger charge is 2.36. The molecule has 2 heterocycles. The van der Waals surface area contributed by atoms with E-state index in [1.54, 1.807) is 4.31 Å². The Morgan fingerprint density at radius 3 is 2.40 bits per heavy atom. The maximum absolute atomic E-state index is 14.1. The third kappa shape index (κ3) is 4.63. The fraction of sp³-hybridized carbons (Fsp3) is 0.667. The van der Waals surface area contributed by atoms with Crippen LogP contribution >= 0.6 is 0 Å². The number of benzene rings is 1. The molecular formula is C21H28FNO6S. The van der Waals surface area contributed by atoms with Crippen LogP contribution in [0.2, 0.25) is 0 Å². The number of carbonyl (C=O) groups is 1. The lowest BCUT2D eigenvalue weighted by atomic mass is 9.99. The predicted octanol–water partition coefficient (Wildman–Crippen LogP) is 3.00. The number of piperidine rings is 1. The van der Waals surface area contributed by atoms with Gasteiger partial charge in [0.25, 0.3) is 0 Å². The highest BCUT2D eigenvalue weighted by molar-refractivity contribution is 7.89. The van der Waals surface area contributed by atoms with Crippen molar-refractivity contribution in [3.8, 4) is 5.75 Å². The van der Waals surface area contributed by atoms with Crippen LogP contribution in [0.25, 0.3) is 0 Å². The normalized spacial score (nSPS) is 22.2. The summed E-state index contributed by atoms with van der Waals surface area (Å²) in [4.78, 5) is 11.2. The SMILES string of the molecule is O=C(O)c1cc(C2CC2)c(OCC2CCN(S(=O)(=O)C3CCOCC3)CC2)cc1F. The molecule has 0 bridgehead atoms. The van der Waals surface area contributed by atoms with E-state index in [-0.39, 0.29) is 22.6 Å². The van der Waals surface area contributed by atoms with Crippen LogP contribution in [-0.2, 0) is 14.8 Å². The van der Waals surface area contributed by atoms with E-state index in [9.17, 15) is 17.6 Å². The summed E-state index contributed by atoms with van der Waals surface area (Å²) in [6.07, 6.45) is 4.38. The van der Waals surface area contributed by atoms with Crippen molar-refractivity contribution in [3.05, 3.63) is 29.1 Å². The van der Waals surface area contributed by atoms with Gasteiger partial charge < -0.3 is 14.6 Å². The maximum Gasteiger partial charge on any atom is 0.338 e. The van der Waals surface area contributed by atoms with Gasteiger partial charge in [-0.1, -0.05) is 0 Å². The number of carboxylic acids is 1. The second kappa shape index (κ2) is 8.80. The number of rotatable bonds is 7. The van der Waals surface area contributed by atoms with Gasteiger partial charge in [0.05, 0.1) is 17.4 Å². The Kier molecular flexibility index (Phi) is 6.31. The first-order valence-corrected chi connectivity index (χ1v) is 12.1. The molecule has 0 radical (unpaired) electrons. The molecule has 2 saturated heterocycles. The highest BCUT2D eigenvalue weighted by Crippen LogP contribution is 2.45. The fourth-order valence-electron chi connectivity index (χ4n) is 4.30. The molecule has 30 heavy (non-hydrogen) atoms. The Balaban J connectivity index is 1.35. The van der Waals surface area contributed by atoms with E-state index >= 15 is 0 Å². The van der Waals surface area contributed by atoms with Gasteiger partial charge in [-0.25, -0.2) is 21.9 Å². The Labute approximate surface area is 176 Å². The van der Waals surface area contributed by atoms with Crippen molar-refractivity contribution < 1.29 is 32.2 Å². The van der Waals surface area contributed by atoms with E-state index in [0.29, 0.717) is 64.3 Å². The quantitative estimate of drug-likeness (QED) is 0.699. The van der Waals surface area contributed by atoms with Gasteiger partial charge in [0.1, 0.15) is 11.6 Å². The summed E-state index contributed by atoms with van der Waals surface area (Å²) in [5, 5.41) is 8.81. The Morgan fingerprint density at radius 2 is 1.80 bits per heavy atom. The number of hydrogen-bond acceptors (Lipinski definition) is 5. The molecule has 1 aliphatic carbocycles. The van der Waals surface area contributed by atoms with Crippen molar-refractivity contribution in [2.45, 2.75) is 49.7 Å². The van der Waals surface area contributed by atoms with Gasteiger partial charge >= 0.3 is 5.97 Å². The van der Waals surface area contributed by atoms with E-state index in [4.69, 9.17) is 14.6 Å². The van der Waals surface area contributed by atoms with Crippen LogP contribution in [0.5, 0.6) is 5.75 Å². The van der Waals surface area contributed by atoms with Crippen molar-refractivity contribution in [1.82, 2.24) is 4.31 Å². The number of aromatic carboxylic acids is 1. The van der Waals surface area contributed by atoms with Crippen LogP contribution in [0.3, 0.4) is 0 Å². The Morgan fingerprint density at radius 1 is 1.13 bits per heavy atom. The van der Waals surface area contributed by atoms with Crippen LogP contribution in [0, 0.1) is 11.7 Å². The standard InChI is InChI=1S/C21H28FNO6S/c22-19-12-20(17(15-1-2-15)11-18(19)21(24)25)29-13-14-3-7-23(8-4-14)30(26,27)16-5-9-28-10-6-16/h11-12,14-16H,1-10,13H2,(H,24,25). The molecule has 4 rings (SSSR count).